The van der Waals surface area contributed by atoms with E-state index < -0.39 is 17.7 Å². The minimum atomic E-state index is -4.60. The second-order valence-corrected chi connectivity index (χ2v) is 4.11. The van der Waals surface area contributed by atoms with Crippen molar-refractivity contribution in [2.75, 3.05) is 0 Å². The molecule has 2 aromatic rings. The summed E-state index contributed by atoms with van der Waals surface area (Å²) in [5.74, 6) is -1.26. The van der Waals surface area contributed by atoms with Gasteiger partial charge in [-0.1, -0.05) is 0 Å². The Bertz CT molecular complexity index is 787. The van der Waals surface area contributed by atoms with Crippen LogP contribution in [0.15, 0.2) is 30.6 Å². The molecule has 0 aliphatic heterocycles. The fourth-order valence-electron chi connectivity index (χ4n) is 1.60. The lowest BCUT2D eigenvalue weighted by atomic mass is 10.1. The maximum absolute atomic E-state index is 12.8. The average molecular weight is 308 g/mol. The van der Waals surface area contributed by atoms with E-state index in [9.17, 15) is 18.0 Å². The Hall–Kier alpha value is -3.15. The molecule has 0 aliphatic rings. The molecule has 0 fully saturated rings. The number of hydrogen-bond acceptors (Lipinski definition) is 4. The molecule has 0 saturated carbocycles. The van der Waals surface area contributed by atoms with E-state index in [2.05, 4.69) is 10.1 Å². The molecule has 0 atom stereocenters. The van der Waals surface area contributed by atoms with Crippen LogP contribution in [-0.2, 0) is 11.0 Å². The molecule has 0 amide bonds. The summed E-state index contributed by atoms with van der Waals surface area (Å²) in [6, 6.07) is 4.41. The first kappa shape index (κ1) is 15.2. The molecule has 0 bridgehead atoms. The zero-order valence-electron chi connectivity index (χ0n) is 10.7. The number of hydrogen-bond donors (Lipinski definition) is 1. The molecule has 0 saturated heterocycles. The summed E-state index contributed by atoms with van der Waals surface area (Å²) in [6.45, 7) is 0. The van der Waals surface area contributed by atoms with Crippen molar-refractivity contribution in [3.8, 4) is 17.5 Å². The largest absolute Gasteiger partial charge is 0.478 e. The van der Waals surface area contributed by atoms with E-state index in [1.807, 2.05) is 0 Å². The number of carboxylic acid groups (broad SMARTS) is 1. The summed E-state index contributed by atoms with van der Waals surface area (Å²) in [4.78, 5) is 14.2. The van der Waals surface area contributed by atoms with E-state index in [1.165, 1.54) is 6.07 Å². The summed E-state index contributed by atoms with van der Waals surface area (Å²) < 4.78 is 39.4. The number of aliphatic carboxylic acids is 1. The number of carboxylic acids is 1. The van der Waals surface area contributed by atoms with Crippen molar-refractivity contribution in [3.63, 3.8) is 0 Å². The number of aromatic nitrogens is 3. The monoisotopic (exact) mass is 308 g/mol. The van der Waals surface area contributed by atoms with Crippen molar-refractivity contribution in [2.45, 2.75) is 6.18 Å². The number of carbonyl (C=O) groups is 1. The van der Waals surface area contributed by atoms with Crippen LogP contribution in [0.25, 0.3) is 17.6 Å². The van der Waals surface area contributed by atoms with E-state index >= 15 is 0 Å². The maximum Gasteiger partial charge on any atom is 0.416 e. The van der Waals surface area contributed by atoms with E-state index in [-0.39, 0.29) is 17.0 Å². The van der Waals surface area contributed by atoms with Crippen LogP contribution in [0.4, 0.5) is 13.2 Å². The SMILES string of the molecule is N#Cc1cc(-c2ncn(/C=C\C(=O)O)n2)cc(C(F)(F)F)c1. The van der Waals surface area contributed by atoms with Gasteiger partial charge in [0.2, 0.25) is 0 Å². The van der Waals surface area contributed by atoms with Gasteiger partial charge >= 0.3 is 12.1 Å². The maximum atomic E-state index is 12.8. The Labute approximate surface area is 121 Å². The second-order valence-electron chi connectivity index (χ2n) is 4.11. The van der Waals surface area contributed by atoms with Gasteiger partial charge in [0.15, 0.2) is 5.82 Å². The quantitative estimate of drug-likeness (QED) is 0.879. The summed E-state index contributed by atoms with van der Waals surface area (Å²) in [6.07, 6.45) is -1.59. The average Bonchev–Trinajstić information content (AvgIpc) is 2.92. The minimum absolute atomic E-state index is 0.00819. The van der Waals surface area contributed by atoms with Crippen molar-refractivity contribution in [1.29, 1.82) is 5.26 Å². The van der Waals surface area contributed by atoms with E-state index in [4.69, 9.17) is 10.4 Å². The molecule has 9 heteroatoms. The Morgan fingerprint density at radius 3 is 2.68 bits per heavy atom. The number of alkyl halides is 3. The lowest BCUT2D eigenvalue weighted by Crippen LogP contribution is -2.05. The Morgan fingerprint density at radius 1 is 1.36 bits per heavy atom. The van der Waals surface area contributed by atoms with Crippen LogP contribution in [0.1, 0.15) is 11.1 Å². The van der Waals surface area contributed by atoms with Crippen LogP contribution in [0.5, 0.6) is 0 Å². The summed E-state index contributed by atoms with van der Waals surface area (Å²) >= 11 is 0. The van der Waals surface area contributed by atoms with Crippen LogP contribution >= 0.6 is 0 Å². The van der Waals surface area contributed by atoms with Gasteiger partial charge in [-0.15, -0.1) is 5.10 Å². The fraction of sp³-hybridized carbons (Fsp3) is 0.0769. The van der Waals surface area contributed by atoms with Crippen molar-refractivity contribution in [1.82, 2.24) is 14.8 Å². The Kier molecular flexibility index (Phi) is 3.94. The first-order valence-corrected chi connectivity index (χ1v) is 5.74. The molecule has 6 nitrogen and oxygen atoms in total. The van der Waals surface area contributed by atoms with Crippen LogP contribution in [0.3, 0.4) is 0 Å². The third-order valence-corrected chi connectivity index (χ3v) is 2.53. The first-order chi connectivity index (χ1) is 10.3. The Morgan fingerprint density at radius 2 is 2.09 bits per heavy atom. The molecule has 0 radical (unpaired) electrons. The van der Waals surface area contributed by atoms with Crippen LogP contribution < -0.4 is 0 Å². The van der Waals surface area contributed by atoms with Crippen molar-refractivity contribution < 1.29 is 23.1 Å². The van der Waals surface area contributed by atoms with Crippen LogP contribution in [0.2, 0.25) is 0 Å². The predicted octanol–water partition coefficient (Wildman–Crippen LogP) is 2.39. The first-order valence-electron chi connectivity index (χ1n) is 5.74. The number of rotatable bonds is 3. The smallest absolute Gasteiger partial charge is 0.416 e. The summed E-state index contributed by atoms with van der Waals surface area (Å²) in [5.41, 5.74) is -1.16. The highest BCUT2D eigenvalue weighted by molar-refractivity contribution is 5.82. The highest BCUT2D eigenvalue weighted by Gasteiger charge is 2.31. The zero-order valence-corrected chi connectivity index (χ0v) is 10.7. The fourth-order valence-corrected chi connectivity index (χ4v) is 1.60. The molecule has 0 aliphatic carbocycles. The van der Waals surface area contributed by atoms with Gasteiger partial charge in [0.25, 0.3) is 0 Å². The Balaban J connectivity index is 2.45. The number of halogens is 3. The van der Waals surface area contributed by atoms with E-state index in [0.717, 1.165) is 35.4 Å². The molecule has 1 aromatic carbocycles. The van der Waals surface area contributed by atoms with Gasteiger partial charge in [0.1, 0.15) is 6.33 Å². The second kappa shape index (κ2) is 5.69. The summed E-state index contributed by atoms with van der Waals surface area (Å²) in [7, 11) is 0. The van der Waals surface area contributed by atoms with Crippen LogP contribution in [0, 0.1) is 11.3 Å². The van der Waals surface area contributed by atoms with E-state index in [1.54, 1.807) is 6.07 Å². The molecule has 112 valence electrons. The number of nitrogens with zero attached hydrogens (tertiary/aromatic N) is 4. The van der Waals surface area contributed by atoms with Gasteiger partial charge < -0.3 is 5.11 Å². The predicted molar refractivity (Wildman–Crippen MR) is 68.1 cm³/mol. The van der Waals surface area contributed by atoms with Crippen molar-refractivity contribution >= 4 is 12.2 Å². The lowest BCUT2D eigenvalue weighted by Gasteiger charge is -2.08. The highest BCUT2D eigenvalue weighted by atomic mass is 19.4. The molecule has 22 heavy (non-hydrogen) atoms. The summed E-state index contributed by atoms with van der Waals surface area (Å²) in [5, 5.41) is 21.1. The molecule has 1 heterocycles. The van der Waals surface area contributed by atoms with Gasteiger partial charge in [0, 0.05) is 17.8 Å². The molecule has 2 rings (SSSR count). The molecule has 0 spiro atoms. The van der Waals surface area contributed by atoms with Crippen molar-refractivity contribution in [3.05, 3.63) is 41.7 Å². The highest BCUT2D eigenvalue weighted by Crippen LogP contribution is 2.32. The third-order valence-electron chi connectivity index (χ3n) is 2.53. The number of benzene rings is 1. The third kappa shape index (κ3) is 3.49. The number of nitriles is 1. The van der Waals surface area contributed by atoms with Gasteiger partial charge in [-0.2, -0.15) is 18.4 Å². The van der Waals surface area contributed by atoms with Gasteiger partial charge in [0.05, 0.1) is 17.2 Å². The lowest BCUT2D eigenvalue weighted by molar-refractivity contribution is -0.137. The zero-order chi connectivity index (χ0) is 16.3. The van der Waals surface area contributed by atoms with Crippen LogP contribution in [-0.4, -0.2) is 25.8 Å². The topological polar surface area (TPSA) is 91.8 Å². The van der Waals surface area contributed by atoms with Crippen molar-refractivity contribution in [2.24, 2.45) is 0 Å². The van der Waals surface area contributed by atoms with Gasteiger partial charge in [-0.3, -0.25) is 0 Å². The van der Waals surface area contributed by atoms with Gasteiger partial charge in [-0.05, 0) is 18.2 Å². The molecular formula is C13H7F3N4O2. The standard InChI is InChI=1S/C13H7F3N4O2/c14-13(15,16)10-4-8(6-17)3-9(5-10)12-18-7-20(19-12)2-1-11(21)22/h1-5,7H,(H,21,22)/b2-1-. The molecule has 1 aromatic heterocycles. The van der Waals surface area contributed by atoms with E-state index in [0.29, 0.717) is 0 Å². The normalized spacial score (nSPS) is 11.5. The molecular weight excluding hydrogens is 301 g/mol. The molecule has 0 unspecified atom stereocenters. The molecule has 1 N–H and O–H groups in total. The van der Waals surface area contributed by atoms with Gasteiger partial charge in [-0.25, -0.2) is 14.5 Å². The minimum Gasteiger partial charge on any atom is -0.478 e.